The predicted molar refractivity (Wildman–Crippen MR) is 237 cm³/mol. The van der Waals surface area contributed by atoms with Gasteiger partial charge < -0.3 is 0 Å². The lowest BCUT2D eigenvalue weighted by Gasteiger charge is -2.41. The molecular weight excluding hydrogens is 687 g/mol. The molecular formula is C56H43N. The molecule has 0 bridgehead atoms. The van der Waals surface area contributed by atoms with Gasteiger partial charge in [0.2, 0.25) is 0 Å². The third kappa shape index (κ3) is 5.56. The van der Waals surface area contributed by atoms with Crippen LogP contribution in [0.15, 0.2) is 200 Å². The van der Waals surface area contributed by atoms with Crippen LogP contribution in [0.2, 0.25) is 0 Å². The lowest BCUT2D eigenvalue weighted by molar-refractivity contribution is 0.452. The highest BCUT2D eigenvalue weighted by Crippen LogP contribution is 2.62. The second-order valence-corrected chi connectivity index (χ2v) is 16.2. The Hall–Kier alpha value is -6.57. The van der Waals surface area contributed by atoms with E-state index in [-0.39, 0.29) is 11.3 Å². The second-order valence-electron chi connectivity index (χ2n) is 16.2. The number of rotatable bonds is 7. The van der Waals surface area contributed by atoms with Gasteiger partial charge >= 0.3 is 0 Å². The molecule has 11 rings (SSSR count). The first-order valence-electron chi connectivity index (χ1n) is 20.5. The number of hydrogen-bond acceptors (Lipinski definition) is 1. The minimum Gasteiger partial charge on any atom is -0.248 e. The lowest BCUT2D eigenvalue weighted by atomic mass is 9.60. The minimum atomic E-state index is -0.357. The second kappa shape index (κ2) is 13.6. The minimum absolute atomic E-state index is 0.252. The topological polar surface area (TPSA) is 12.9 Å². The largest absolute Gasteiger partial charge is 0.248 e. The quantitative estimate of drug-likeness (QED) is 0.159. The SMILES string of the molecule is Cc1c(-c2cc(-c3ccc4ccccc4c3)cc(-c3cccc(-c4ccccc4)c3)n2)cccc1C1(c2ccccc2C2CC2)c2ccccc2C2C=CC=CC21. The summed E-state index contributed by atoms with van der Waals surface area (Å²) in [5.41, 5.74) is 17.1. The van der Waals surface area contributed by atoms with Gasteiger partial charge in [0.15, 0.2) is 0 Å². The van der Waals surface area contributed by atoms with E-state index in [1.165, 1.54) is 79.2 Å². The van der Waals surface area contributed by atoms with Gasteiger partial charge in [-0.25, -0.2) is 4.98 Å². The van der Waals surface area contributed by atoms with Gasteiger partial charge in [-0.2, -0.15) is 0 Å². The van der Waals surface area contributed by atoms with Gasteiger partial charge in [-0.15, -0.1) is 0 Å². The molecule has 8 aromatic rings. The maximum Gasteiger partial charge on any atom is 0.0718 e. The summed E-state index contributed by atoms with van der Waals surface area (Å²) in [7, 11) is 0. The molecule has 3 atom stereocenters. The highest BCUT2D eigenvalue weighted by Gasteiger charge is 2.54. The van der Waals surface area contributed by atoms with Crippen LogP contribution in [-0.2, 0) is 5.41 Å². The van der Waals surface area contributed by atoms with Crippen molar-refractivity contribution in [1.82, 2.24) is 4.98 Å². The molecule has 1 fully saturated rings. The number of hydrogen-bond donors (Lipinski definition) is 0. The Bertz CT molecular complexity index is 2890. The van der Waals surface area contributed by atoms with E-state index in [2.05, 4.69) is 207 Å². The van der Waals surface area contributed by atoms with E-state index in [0.29, 0.717) is 11.8 Å². The van der Waals surface area contributed by atoms with E-state index in [1.54, 1.807) is 0 Å². The van der Waals surface area contributed by atoms with Crippen LogP contribution < -0.4 is 0 Å². The van der Waals surface area contributed by atoms with E-state index in [4.69, 9.17) is 4.98 Å². The molecule has 3 aliphatic rings. The first-order chi connectivity index (χ1) is 28.2. The summed E-state index contributed by atoms with van der Waals surface area (Å²) in [6.45, 7) is 2.35. The Morgan fingerprint density at radius 3 is 1.93 bits per heavy atom. The third-order valence-electron chi connectivity index (χ3n) is 13.0. The Balaban J connectivity index is 1.15. The summed E-state index contributed by atoms with van der Waals surface area (Å²) in [5, 5.41) is 2.48. The van der Waals surface area contributed by atoms with Crippen LogP contribution in [0, 0.1) is 12.8 Å². The van der Waals surface area contributed by atoms with Crippen molar-refractivity contribution in [2.24, 2.45) is 5.92 Å². The maximum atomic E-state index is 5.58. The summed E-state index contributed by atoms with van der Waals surface area (Å²) in [4.78, 5) is 5.58. The van der Waals surface area contributed by atoms with Gasteiger partial charge in [-0.05, 0) is 116 Å². The molecule has 1 aromatic heterocycles. The summed E-state index contributed by atoms with van der Waals surface area (Å²) in [5.74, 6) is 1.17. The van der Waals surface area contributed by atoms with E-state index in [9.17, 15) is 0 Å². The summed E-state index contributed by atoms with van der Waals surface area (Å²) < 4.78 is 0. The van der Waals surface area contributed by atoms with Crippen molar-refractivity contribution in [3.8, 4) is 44.8 Å². The molecule has 0 saturated heterocycles. The fraction of sp³-hybridized carbons (Fsp3) is 0.125. The van der Waals surface area contributed by atoms with Crippen molar-refractivity contribution in [3.05, 3.63) is 234 Å². The Morgan fingerprint density at radius 2 is 1.09 bits per heavy atom. The van der Waals surface area contributed by atoms with Gasteiger partial charge in [0, 0.05) is 23.0 Å². The molecule has 1 saturated carbocycles. The first kappa shape index (κ1) is 33.7. The number of nitrogens with zero attached hydrogens (tertiary/aromatic N) is 1. The van der Waals surface area contributed by atoms with Crippen LogP contribution in [0.4, 0.5) is 0 Å². The lowest BCUT2D eigenvalue weighted by Crippen LogP contribution is -2.37. The smallest absolute Gasteiger partial charge is 0.0718 e. The number of pyridine rings is 1. The Labute approximate surface area is 335 Å². The molecule has 57 heavy (non-hydrogen) atoms. The number of aromatic nitrogens is 1. The van der Waals surface area contributed by atoms with Crippen molar-refractivity contribution >= 4 is 10.8 Å². The molecule has 1 heterocycles. The van der Waals surface area contributed by atoms with Gasteiger partial charge in [0.1, 0.15) is 0 Å². The molecule has 272 valence electrons. The number of fused-ring (bicyclic) bond motifs is 4. The van der Waals surface area contributed by atoms with Crippen molar-refractivity contribution in [2.75, 3.05) is 0 Å². The first-order valence-corrected chi connectivity index (χ1v) is 20.5. The van der Waals surface area contributed by atoms with Crippen LogP contribution in [-0.4, -0.2) is 4.98 Å². The summed E-state index contributed by atoms with van der Waals surface area (Å²) in [6.07, 6.45) is 12.0. The van der Waals surface area contributed by atoms with Gasteiger partial charge in [-0.3, -0.25) is 0 Å². The Kier molecular flexibility index (Phi) is 8.03. The van der Waals surface area contributed by atoms with E-state index < -0.39 is 0 Å². The third-order valence-corrected chi connectivity index (χ3v) is 13.0. The summed E-state index contributed by atoms with van der Waals surface area (Å²) in [6, 6.07) is 65.2. The van der Waals surface area contributed by atoms with Crippen molar-refractivity contribution in [1.29, 1.82) is 0 Å². The molecule has 0 aliphatic heterocycles. The standard InChI is InChI=1S/C56H43N/c1-37-46(24-14-28-50(37)56(51-25-10-7-21-47(51)40-30-31-40)52-26-11-8-22-48(52)49-23-9-12-27-53(49)56)55-36-45(43-32-29-39-17-5-6-18-41(39)33-43)35-54(57-55)44-20-13-19-42(34-44)38-15-3-2-4-16-38/h2-29,32-36,40,48,52H,30-31H2,1H3. The molecule has 3 unspecified atom stereocenters. The molecule has 0 amide bonds. The van der Waals surface area contributed by atoms with Crippen LogP contribution in [0.1, 0.15) is 58.1 Å². The highest BCUT2D eigenvalue weighted by molar-refractivity contribution is 5.89. The fourth-order valence-electron chi connectivity index (χ4n) is 10.2. The Morgan fingerprint density at radius 1 is 0.456 bits per heavy atom. The normalized spacial score (nSPS) is 19.4. The van der Waals surface area contributed by atoms with E-state index in [0.717, 1.165) is 22.5 Å². The zero-order chi connectivity index (χ0) is 37.9. The average Bonchev–Trinajstić information content (AvgIpc) is 4.09. The molecule has 0 spiro atoms. The average molecular weight is 730 g/mol. The molecule has 7 aromatic carbocycles. The molecule has 0 radical (unpaired) electrons. The van der Waals surface area contributed by atoms with Crippen LogP contribution >= 0.6 is 0 Å². The molecule has 3 aliphatic carbocycles. The fourth-order valence-corrected chi connectivity index (χ4v) is 10.2. The number of allylic oxidation sites excluding steroid dienone is 4. The van der Waals surface area contributed by atoms with Crippen LogP contribution in [0.5, 0.6) is 0 Å². The van der Waals surface area contributed by atoms with Gasteiger partial charge in [0.05, 0.1) is 16.8 Å². The van der Waals surface area contributed by atoms with Gasteiger partial charge in [0.25, 0.3) is 0 Å². The van der Waals surface area contributed by atoms with Crippen molar-refractivity contribution in [3.63, 3.8) is 0 Å². The van der Waals surface area contributed by atoms with Crippen molar-refractivity contribution < 1.29 is 0 Å². The van der Waals surface area contributed by atoms with Crippen LogP contribution in [0.3, 0.4) is 0 Å². The van der Waals surface area contributed by atoms with Gasteiger partial charge in [-0.1, -0.05) is 176 Å². The van der Waals surface area contributed by atoms with Crippen molar-refractivity contribution in [2.45, 2.75) is 37.0 Å². The molecule has 0 N–H and O–H groups in total. The zero-order valence-electron chi connectivity index (χ0n) is 32.1. The highest BCUT2D eigenvalue weighted by atomic mass is 14.7. The van der Waals surface area contributed by atoms with Crippen LogP contribution in [0.25, 0.3) is 55.5 Å². The monoisotopic (exact) mass is 729 g/mol. The molecule has 1 heteroatoms. The summed E-state index contributed by atoms with van der Waals surface area (Å²) >= 11 is 0. The van der Waals surface area contributed by atoms with E-state index in [1.807, 2.05) is 0 Å². The zero-order valence-corrected chi connectivity index (χ0v) is 32.1. The number of benzene rings is 7. The predicted octanol–water partition coefficient (Wildman–Crippen LogP) is 14.3. The molecule has 1 nitrogen and oxygen atoms in total. The maximum absolute atomic E-state index is 5.58. The van der Waals surface area contributed by atoms with E-state index >= 15 is 0 Å².